The van der Waals surface area contributed by atoms with Crippen molar-refractivity contribution in [1.82, 2.24) is 5.32 Å². The third-order valence-electron chi connectivity index (χ3n) is 15.4. The number of rotatable bonds is 14. The number of carbonyl (C=O) groups excluding carboxylic acids is 7. The molecule has 80 heavy (non-hydrogen) atoms. The van der Waals surface area contributed by atoms with Crippen molar-refractivity contribution < 1.29 is 86.4 Å². The van der Waals surface area contributed by atoms with Crippen molar-refractivity contribution in [1.29, 1.82) is 0 Å². The van der Waals surface area contributed by atoms with E-state index in [1.54, 1.807) is 130 Å². The molecule has 1 heterocycles. The fourth-order valence-corrected chi connectivity index (χ4v) is 11.4. The van der Waals surface area contributed by atoms with Gasteiger partial charge in [0.2, 0.25) is 6.10 Å². The van der Waals surface area contributed by atoms with Gasteiger partial charge in [-0.1, -0.05) is 137 Å². The molecule has 8 rings (SSSR count). The summed E-state index contributed by atoms with van der Waals surface area (Å²) in [5, 5.41) is 29.2. The van der Waals surface area contributed by atoms with E-state index >= 15 is 9.59 Å². The zero-order chi connectivity index (χ0) is 58.4. The van der Waals surface area contributed by atoms with Gasteiger partial charge < -0.3 is 58.2 Å². The molecule has 0 spiro atoms. The van der Waals surface area contributed by atoms with Crippen molar-refractivity contribution in [2.75, 3.05) is 6.61 Å². The Morgan fingerprint density at radius 1 is 0.762 bits per heavy atom. The number of Topliss-reactive ketones (excluding diaryl/α,β-unsaturated/α-hetero) is 1. The highest BCUT2D eigenvalue weighted by Gasteiger charge is 2.78. The molecular formula is C61H71NO18. The topological polar surface area (TPSA) is 255 Å². The Morgan fingerprint density at radius 2 is 1.30 bits per heavy atom. The smallest absolute Gasteiger partial charge is 0.455 e. The van der Waals surface area contributed by atoms with E-state index in [0.717, 1.165) is 6.92 Å². The summed E-state index contributed by atoms with van der Waals surface area (Å²) in [6, 6.07) is 31.5. The van der Waals surface area contributed by atoms with Gasteiger partial charge in [-0.3, -0.25) is 9.59 Å². The highest BCUT2D eigenvalue weighted by molar-refractivity contribution is 5.95. The van der Waals surface area contributed by atoms with Crippen LogP contribution in [0.5, 0.6) is 0 Å². The largest absolute Gasteiger partial charge is 0.509 e. The average Bonchev–Trinajstić information content (AvgIpc) is 3.54. The molecule has 1 aliphatic heterocycles. The van der Waals surface area contributed by atoms with Crippen molar-refractivity contribution in [2.45, 2.75) is 155 Å². The highest BCUT2D eigenvalue weighted by atomic mass is 16.7. The summed E-state index contributed by atoms with van der Waals surface area (Å²) in [6.45, 7) is 14.9. The first-order valence-electron chi connectivity index (χ1n) is 26.6. The van der Waals surface area contributed by atoms with Crippen LogP contribution in [0.2, 0.25) is 0 Å². The van der Waals surface area contributed by atoms with E-state index in [9.17, 15) is 34.2 Å². The summed E-state index contributed by atoms with van der Waals surface area (Å²) >= 11 is 0. The monoisotopic (exact) mass is 1110 g/mol. The molecule has 3 N–H and O–H groups in total. The van der Waals surface area contributed by atoms with Crippen molar-refractivity contribution in [2.24, 2.45) is 16.7 Å². The van der Waals surface area contributed by atoms with Gasteiger partial charge in [-0.2, -0.15) is 0 Å². The zero-order valence-electron chi connectivity index (χ0n) is 46.6. The number of hydrogen-bond acceptors (Lipinski definition) is 18. The van der Waals surface area contributed by atoms with Gasteiger partial charge in [0.1, 0.15) is 48.8 Å². The summed E-state index contributed by atoms with van der Waals surface area (Å²) in [5.74, 6) is -5.79. The minimum atomic E-state index is -2.55. The number of fused-ring (bicyclic) bond motifs is 5. The second-order valence-corrected chi connectivity index (χ2v) is 21.8. The van der Waals surface area contributed by atoms with Crippen LogP contribution in [-0.2, 0) is 70.2 Å². The van der Waals surface area contributed by atoms with Crippen LogP contribution in [0.3, 0.4) is 0 Å². The second kappa shape index (κ2) is 24.4. The lowest BCUT2D eigenvalue weighted by molar-refractivity contribution is -0.346. The van der Waals surface area contributed by atoms with Gasteiger partial charge in [0.15, 0.2) is 17.5 Å². The molecule has 19 heteroatoms. The number of nitrogens with one attached hydrogen (secondary N) is 1. The van der Waals surface area contributed by atoms with Gasteiger partial charge in [0.25, 0.3) is 0 Å². The SMILES string of the molecule is CC.CC(=O)O[C@@]12COC1CC(O)C1(C)C(=O)C(OC(=O)OCc3ccccc3)C3=C(C)[C@@H](OC(=O)[C@H](OC(=O)OCc4ccccc4)[C@@H](NC(=O)OC(C)(C)C)c4ccccc4)CC(O)([C@@H](OC(=O)c4ccccc4)C12)C3(C)C. The molecule has 4 aromatic rings. The first kappa shape index (κ1) is 60.0. The van der Waals surface area contributed by atoms with Gasteiger partial charge in [-0.15, -0.1) is 0 Å². The van der Waals surface area contributed by atoms with E-state index in [1.165, 1.54) is 39.8 Å². The Bertz CT molecular complexity index is 2910. The highest BCUT2D eigenvalue weighted by Crippen LogP contribution is 2.64. The first-order chi connectivity index (χ1) is 37.9. The quantitative estimate of drug-likeness (QED) is 0.0604. The lowest BCUT2D eigenvalue weighted by Crippen LogP contribution is -2.82. The Labute approximate surface area is 465 Å². The first-order valence-corrected chi connectivity index (χ1v) is 26.6. The van der Waals surface area contributed by atoms with E-state index in [0.29, 0.717) is 11.1 Å². The van der Waals surface area contributed by atoms with E-state index in [4.69, 9.17) is 42.6 Å². The van der Waals surface area contributed by atoms with Crippen molar-refractivity contribution in [3.63, 3.8) is 0 Å². The number of hydrogen-bond donors (Lipinski definition) is 3. The molecule has 19 nitrogen and oxygen atoms in total. The molecule has 11 atom stereocenters. The fourth-order valence-electron chi connectivity index (χ4n) is 11.4. The summed E-state index contributed by atoms with van der Waals surface area (Å²) < 4.78 is 53.7. The summed E-state index contributed by atoms with van der Waals surface area (Å²) in [4.78, 5) is 101. The van der Waals surface area contributed by atoms with E-state index in [2.05, 4.69) is 5.32 Å². The predicted octanol–water partition coefficient (Wildman–Crippen LogP) is 9.01. The Morgan fingerprint density at radius 3 is 1.82 bits per heavy atom. The molecule has 3 fully saturated rings. The maximum Gasteiger partial charge on any atom is 0.509 e. The van der Waals surface area contributed by atoms with Crippen LogP contribution >= 0.6 is 0 Å². The minimum Gasteiger partial charge on any atom is -0.455 e. The lowest BCUT2D eigenvalue weighted by Gasteiger charge is -2.67. The number of carbonyl (C=O) groups is 7. The Hall–Kier alpha value is -7.61. The van der Waals surface area contributed by atoms with Crippen molar-refractivity contribution in [3.05, 3.63) is 155 Å². The number of aliphatic hydroxyl groups excluding tert-OH is 1. The van der Waals surface area contributed by atoms with Gasteiger partial charge >= 0.3 is 36.3 Å². The van der Waals surface area contributed by atoms with Crippen LogP contribution in [0.25, 0.3) is 0 Å². The molecular weight excluding hydrogens is 1030 g/mol. The van der Waals surface area contributed by atoms with E-state index < -0.39 is 125 Å². The zero-order valence-corrected chi connectivity index (χ0v) is 46.6. The number of amides is 1. The molecule has 1 saturated heterocycles. The van der Waals surface area contributed by atoms with Gasteiger partial charge in [-0.25, -0.2) is 24.0 Å². The molecule has 4 aromatic carbocycles. The van der Waals surface area contributed by atoms with Crippen LogP contribution in [0.1, 0.15) is 115 Å². The summed E-state index contributed by atoms with van der Waals surface area (Å²) in [6.07, 6.45) is -15.2. The number of benzene rings is 4. The van der Waals surface area contributed by atoms with Crippen LogP contribution < -0.4 is 5.32 Å². The number of ether oxygens (including phenoxy) is 9. The normalized spacial score (nSPS) is 27.1. The number of aliphatic hydroxyl groups is 2. The summed E-state index contributed by atoms with van der Waals surface area (Å²) in [5.41, 5.74) is -8.18. The average molecular weight is 1110 g/mol. The molecule has 6 unspecified atom stereocenters. The van der Waals surface area contributed by atoms with Gasteiger partial charge in [0.05, 0.1) is 29.6 Å². The summed E-state index contributed by atoms with van der Waals surface area (Å²) in [7, 11) is 0. The molecule has 2 saturated carbocycles. The molecule has 4 aliphatic rings. The fraction of sp³-hybridized carbons (Fsp3) is 0.459. The lowest BCUT2D eigenvalue weighted by atomic mass is 9.44. The van der Waals surface area contributed by atoms with Crippen molar-refractivity contribution >= 4 is 42.1 Å². The van der Waals surface area contributed by atoms with Crippen molar-refractivity contribution in [3.8, 4) is 0 Å². The van der Waals surface area contributed by atoms with Crippen LogP contribution in [0.4, 0.5) is 14.4 Å². The maximum atomic E-state index is 16.1. The van der Waals surface area contributed by atoms with Crippen LogP contribution in [-0.4, -0.2) is 112 Å². The molecule has 0 radical (unpaired) electrons. The van der Waals surface area contributed by atoms with E-state index in [-0.39, 0.29) is 48.5 Å². The third kappa shape index (κ3) is 12.2. The molecule has 2 bridgehead atoms. The van der Waals surface area contributed by atoms with Crippen LogP contribution in [0.15, 0.2) is 132 Å². The number of esters is 3. The Balaban J connectivity index is 0.00000457. The Kier molecular flexibility index (Phi) is 18.3. The van der Waals surface area contributed by atoms with Gasteiger partial charge in [0, 0.05) is 25.2 Å². The third-order valence-corrected chi connectivity index (χ3v) is 15.4. The standard InChI is InChI=1S/C59H65NO18.C2H6/c1-34-40(73-51(65)46(75-54(68)71-32-37-23-15-10-16-24-37)44(38-25-17-11-18-26-38)60-52(66)78-55(3,4)5)30-59(69)49(76-50(64)39-27-19-12-20-28-39)47-57(8,41(62)29-42-58(47,33-72-42)77-35(2)61)48(63)45(43(34)56(59,6)7)74-53(67)70-31-36-21-13-9-14-22-36;1-2/h9-28,40-42,44-47,49,62,69H,29-33H2,1-8H3,(H,60,66);1-2H3/t40-,41?,42?,44-,45?,46+,47?,49-,57?,58-,59?;/m0./s1. The number of ketones is 1. The molecule has 3 aliphatic carbocycles. The molecule has 428 valence electrons. The number of alkyl carbamates (subject to hydrolysis) is 1. The maximum absolute atomic E-state index is 16.1. The minimum absolute atomic E-state index is 0.0185. The van der Waals surface area contributed by atoms with Gasteiger partial charge in [-0.05, 0) is 74.6 Å². The second-order valence-electron chi connectivity index (χ2n) is 21.8. The molecule has 1 amide bonds. The molecule has 0 aromatic heterocycles. The van der Waals surface area contributed by atoms with E-state index in [1.807, 2.05) is 13.8 Å². The van der Waals surface area contributed by atoms with Crippen LogP contribution in [0, 0.1) is 16.7 Å². The predicted molar refractivity (Wildman–Crippen MR) is 286 cm³/mol.